The molecule has 10 aromatic rings. The summed E-state index contributed by atoms with van der Waals surface area (Å²) in [5, 5.41) is 11.6. The number of benzene rings is 10. The van der Waals surface area contributed by atoms with Gasteiger partial charge in [0.1, 0.15) is 0 Å². The van der Waals surface area contributed by atoms with Crippen LogP contribution in [0.2, 0.25) is 0 Å². The van der Waals surface area contributed by atoms with Crippen LogP contribution in [0.1, 0.15) is 157 Å². The van der Waals surface area contributed by atoms with E-state index in [9.17, 15) is 62.4 Å². The molecule has 780 valence electrons. The molecule has 16 rings (SSSR count). The summed E-state index contributed by atoms with van der Waals surface area (Å²) in [7, 11) is -13.0. The third-order valence-electron chi connectivity index (χ3n) is 28.9. The van der Waals surface area contributed by atoms with Gasteiger partial charge in [-0.3, -0.25) is 28.8 Å². The fraction of sp³-hybridized carbons (Fsp3) is 0.431. The molecular formula is C116H148N12O14S4. The molecular weight excluding hydrogens is 1910 g/mol. The largest absolute Gasteiger partial charge is 0.370 e. The van der Waals surface area contributed by atoms with E-state index < -0.39 is 39.3 Å². The minimum absolute atomic E-state index is 0.00288. The summed E-state index contributed by atoms with van der Waals surface area (Å²) in [6.45, 7) is 15.8. The number of hydrogen-bond donors (Lipinski definition) is 4. The molecule has 6 fully saturated rings. The maximum Gasteiger partial charge on any atom is 0.258 e. The summed E-state index contributed by atoms with van der Waals surface area (Å²) in [4.78, 5) is 96.4. The van der Waals surface area contributed by atoms with Crippen LogP contribution in [0, 0.1) is 29.6 Å². The molecule has 0 bridgehead atoms. The van der Waals surface area contributed by atoms with Gasteiger partial charge in [0.05, 0.1) is 26.0 Å². The number of rotatable bonds is 38. The number of nitrogens with one attached hydrogen (secondary N) is 4. The third-order valence-corrected chi connectivity index (χ3v) is 33.5. The minimum atomic E-state index is -3.26. The summed E-state index contributed by atoms with van der Waals surface area (Å²) in [5.41, 5.74) is 8.62. The fourth-order valence-corrected chi connectivity index (χ4v) is 23.0. The Bertz CT molecular complexity index is 6220. The van der Waals surface area contributed by atoms with Crippen LogP contribution in [-0.4, -0.2) is 231 Å². The lowest BCUT2D eigenvalue weighted by atomic mass is 9.89. The molecule has 146 heavy (non-hydrogen) atoms. The first kappa shape index (κ1) is 111. The predicted octanol–water partition coefficient (Wildman–Crippen LogP) is 19.1. The van der Waals surface area contributed by atoms with Crippen molar-refractivity contribution in [1.82, 2.24) is 19.6 Å². The zero-order valence-corrected chi connectivity index (χ0v) is 88.5. The lowest BCUT2D eigenvalue weighted by molar-refractivity contribution is -0.118. The Hall–Kier alpha value is -11.7. The predicted molar refractivity (Wildman–Crippen MR) is 587 cm³/mol. The Labute approximate surface area is 866 Å². The van der Waals surface area contributed by atoms with Gasteiger partial charge < -0.3 is 60.5 Å². The van der Waals surface area contributed by atoms with Crippen molar-refractivity contribution in [3.05, 3.63) is 290 Å². The smallest absolute Gasteiger partial charge is 0.258 e. The topological polar surface area (TPSA) is 313 Å². The molecule has 6 amide bonds. The molecule has 4 aliphatic heterocycles. The van der Waals surface area contributed by atoms with Crippen molar-refractivity contribution in [3.8, 4) is 0 Å². The molecule has 2 aliphatic carbocycles. The number of likely N-dealkylation sites (tertiary alicyclic amines) is 4. The standard InChI is InChI=1S/C30H35N3O4S.C29H33N3O4S.C29H41N3O3S.C28H39N3O3S/c1-38(36,37)28-14-12-26(13-15-28)31-29(34)22-25-16-18-32(19-17-25)20-21-33(27-10-6-3-7-11-27)30(35)23-24-8-4-2-5-9-24;1-37(35,36)27-14-12-25(13-15-27)30-28(33)22-23-16-18-31(19-17-23)20-21-32(26-10-6-3-7-11-26)29(34)24-8-4-2-5-9-24;1-36(34,35)28-14-12-26(13-15-28)30-29(33)22-24-16-18-31(19-17-24)20-21-32(27-10-6-3-7-11-27)23-25-8-4-2-5-9-25;1-35(33,34)27-14-12-24(13-15-27)29-28(32)22-23-16-18-30(19-17-23)20-21-31(25-8-4-2-5-9-25)26-10-6-3-7-11-26/h2-15,25H,16-23H2,1H3,(H,31,34);2-15,23H,16-22H2,1H3,(H,30,33);3,6-7,10-15,24-25H,2,4-5,8-9,16-23H2,1H3,(H,30,33);2,4-5,8-9,12-15,23,26H,3,6-7,10-11,16-22H2,1H3,(H,29,32). The zero-order chi connectivity index (χ0) is 103. The maximum absolute atomic E-state index is 13.2. The number of carbonyl (C=O) groups is 6. The van der Waals surface area contributed by atoms with Gasteiger partial charge in [0.2, 0.25) is 29.5 Å². The van der Waals surface area contributed by atoms with E-state index in [1.807, 2.05) is 131 Å². The fourth-order valence-electron chi connectivity index (χ4n) is 20.4. The van der Waals surface area contributed by atoms with Crippen LogP contribution in [-0.2, 0) is 69.7 Å². The van der Waals surface area contributed by atoms with Gasteiger partial charge in [-0.1, -0.05) is 160 Å². The molecule has 30 heteroatoms. The molecule has 2 saturated carbocycles. The molecule has 10 aromatic carbocycles. The third kappa shape index (κ3) is 37.0. The molecule has 6 aliphatic rings. The zero-order valence-electron chi connectivity index (χ0n) is 85.2. The number of piperidine rings is 4. The SMILES string of the molecule is CS(=O)(=O)c1ccc(NC(=O)CC2CCN(CCN(C(=O)Cc3ccccc3)c3ccccc3)CC2)cc1.CS(=O)(=O)c1ccc(NC(=O)CC2CCN(CCN(C(=O)c3ccccc3)c3ccccc3)CC2)cc1.CS(=O)(=O)c1ccc(NC(=O)CC2CCN(CCN(CC3CCCCC3)c3ccccc3)CC2)cc1.CS(=O)(=O)c1ccc(NC(=O)CC2CCN(CCN(c3ccccc3)C3CCCCC3)CC2)cc1. The highest BCUT2D eigenvalue weighted by molar-refractivity contribution is 7.91. The van der Waals surface area contributed by atoms with E-state index in [0.29, 0.717) is 103 Å². The highest BCUT2D eigenvalue weighted by Crippen LogP contribution is 2.34. The highest BCUT2D eigenvalue weighted by Gasteiger charge is 2.31. The quantitative estimate of drug-likeness (QED) is 0.0279. The van der Waals surface area contributed by atoms with E-state index in [2.05, 4.69) is 111 Å². The molecule has 0 atom stereocenters. The van der Waals surface area contributed by atoms with Gasteiger partial charge in [0.15, 0.2) is 39.3 Å². The number of para-hydroxylation sites is 4. The van der Waals surface area contributed by atoms with E-state index in [0.717, 1.165) is 185 Å². The van der Waals surface area contributed by atoms with E-state index >= 15 is 0 Å². The summed E-state index contributed by atoms with van der Waals surface area (Å²) in [6.07, 6.45) is 28.3. The summed E-state index contributed by atoms with van der Waals surface area (Å²) in [5.74, 6) is 2.15. The van der Waals surface area contributed by atoms with Crippen LogP contribution >= 0.6 is 0 Å². The molecule has 4 heterocycles. The van der Waals surface area contributed by atoms with Gasteiger partial charge in [-0.25, -0.2) is 33.7 Å². The van der Waals surface area contributed by atoms with Crippen LogP contribution in [0.3, 0.4) is 0 Å². The molecule has 0 spiro atoms. The Kier molecular flexibility index (Phi) is 42.7. The van der Waals surface area contributed by atoms with E-state index in [4.69, 9.17) is 0 Å². The van der Waals surface area contributed by atoms with Crippen molar-refractivity contribution < 1.29 is 62.4 Å². The van der Waals surface area contributed by atoms with E-state index in [1.165, 1.54) is 137 Å². The first-order valence-electron chi connectivity index (χ1n) is 52.0. The van der Waals surface area contributed by atoms with Gasteiger partial charge in [-0.05, 0) is 322 Å². The first-order chi connectivity index (χ1) is 70.3. The van der Waals surface area contributed by atoms with Crippen molar-refractivity contribution in [2.75, 3.05) is 177 Å². The Morgan fingerprint density at radius 3 is 0.884 bits per heavy atom. The van der Waals surface area contributed by atoms with Crippen LogP contribution in [0.5, 0.6) is 0 Å². The van der Waals surface area contributed by atoms with Crippen LogP contribution < -0.4 is 40.9 Å². The van der Waals surface area contributed by atoms with Crippen LogP contribution in [0.4, 0.5) is 45.5 Å². The second-order valence-electron chi connectivity index (χ2n) is 40.1. The second kappa shape index (κ2) is 55.9. The maximum atomic E-state index is 13.2. The summed E-state index contributed by atoms with van der Waals surface area (Å²) in [6, 6.07) is 86.3. The van der Waals surface area contributed by atoms with Crippen molar-refractivity contribution in [2.45, 2.75) is 173 Å². The number of carbonyl (C=O) groups excluding carboxylic acids is 6. The van der Waals surface area contributed by atoms with E-state index in [-0.39, 0.29) is 55.0 Å². The second-order valence-corrected chi connectivity index (χ2v) is 48.2. The Balaban J connectivity index is 0.000000163. The van der Waals surface area contributed by atoms with E-state index in [1.54, 1.807) is 48.5 Å². The van der Waals surface area contributed by atoms with Gasteiger partial charge >= 0.3 is 0 Å². The van der Waals surface area contributed by atoms with Crippen molar-refractivity contribution in [1.29, 1.82) is 0 Å². The molecule has 4 N–H and O–H groups in total. The molecule has 26 nitrogen and oxygen atoms in total. The van der Waals surface area contributed by atoms with Crippen molar-refractivity contribution >= 4 is 120 Å². The van der Waals surface area contributed by atoms with Gasteiger partial charge in [-0.15, -0.1) is 0 Å². The number of hydrogen-bond acceptors (Lipinski definition) is 20. The lowest BCUT2D eigenvalue weighted by Gasteiger charge is -2.39. The Morgan fingerprint density at radius 2 is 0.555 bits per heavy atom. The summed E-state index contributed by atoms with van der Waals surface area (Å²) >= 11 is 0. The first-order valence-corrected chi connectivity index (χ1v) is 59.6. The van der Waals surface area contributed by atoms with Crippen LogP contribution in [0.25, 0.3) is 0 Å². The normalized spacial score (nSPS) is 16.4. The lowest BCUT2D eigenvalue weighted by Crippen LogP contribution is -2.44. The molecule has 4 saturated heterocycles. The monoisotopic (exact) mass is 2060 g/mol. The van der Waals surface area contributed by atoms with Gasteiger partial charge in [-0.2, -0.15) is 0 Å². The summed E-state index contributed by atoms with van der Waals surface area (Å²) < 4.78 is 92.8. The number of sulfone groups is 4. The van der Waals surface area contributed by atoms with Crippen molar-refractivity contribution in [2.24, 2.45) is 29.6 Å². The molecule has 0 aromatic heterocycles. The van der Waals surface area contributed by atoms with Crippen molar-refractivity contribution in [3.63, 3.8) is 0 Å². The minimum Gasteiger partial charge on any atom is -0.370 e. The molecule has 0 unspecified atom stereocenters. The van der Waals surface area contributed by atoms with Crippen LogP contribution in [0.15, 0.2) is 299 Å². The number of anilines is 8. The molecule has 0 radical (unpaired) electrons. The average Bonchev–Trinajstić information content (AvgIpc) is 0.835. The van der Waals surface area contributed by atoms with Gasteiger partial charge in [0.25, 0.3) is 5.91 Å². The van der Waals surface area contributed by atoms with Gasteiger partial charge in [0, 0.05) is 167 Å². The highest BCUT2D eigenvalue weighted by atomic mass is 32.2. The Morgan fingerprint density at radius 1 is 0.281 bits per heavy atom. The number of nitrogens with zero attached hydrogens (tertiary/aromatic N) is 8. The average molecular weight is 2060 g/mol. The number of amides is 6.